The Morgan fingerprint density at radius 2 is 2.08 bits per heavy atom. The van der Waals surface area contributed by atoms with Crippen molar-refractivity contribution in [2.45, 2.75) is 33.2 Å². The van der Waals surface area contributed by atoms with Gasteiger partial charge in [-0.3, -0.25) is 9.59 Å². The number of benzene rings is 1. The number of aromatic nitrogens is 1. The first-order chi connectivity index (χ1) is 11.4. The lowest BCUT2D eigenvalue weighted by Crippen LogP contribution is -2.47. The number of hydrogen-bond acceptors (Lipinski definition) is 4. The number of amides is 2. The van der Waals surface area contributed by atoms with E-state index in [0.717, 1.165) is 6.42 Å². The summed E-state index contributed by atoms with van der Waals surface area (Å²) >= 11 is 5.91. The van der Waals surface area contributed by atoms with Gasteiger partial charge in [-0.25, -0.2) is 0 Å². The maximum absolute atomic E-state index is 12.5. The zero-order chi connectivity index (χ0) is 17.7. The quantitative estimate of drug-likeness (QED) is 0.836. The third-order valence-corrected chi connectivity index (χ3v) is 3.98. The number of hydrogen-bond donors (Lipinski definition) is 2. The summed E-state index contributed by atoms with van der Waals surface area (Å²) in [6.07, 6.45) is 0.728. The molecule has 2 amide bonds. The second kappa shape index (κ2) is 7.97. The number of rotatable bonds is 6. The van der Waals surface area contributed by atoms with Crippen molar-refractivity contribution in [1.82, 2.24) is 10.5 Å². The van der Waals surface area contributed by atoms with E-state index < -0.39 is 6.04 Å². The summed E-state index contributed by atoms with van der Waals surface area (Å²) in [5.41, 5.74) is 0.404. The monoisotopic (exact) mass is 349 g/mol. The molecule has 1 heterocycles. The van der Waals surface area contributed by atoms with Crippen LogP contribution in [0.5, 0.6) is 0 Å². The first kappa shape index (κ1) is 18.0. The molecule has 0 aliphatic rings. The van der Waals surface area contributed by atoms with Crippen LogP contribution in [-0.4, -0.2) is 23.0 Å². The van der Waals surface area contributed by atoms with Gasteiger partial charge in [0.2, 0.25) is 5.91 Å². The first-order valence-electron chi connectivity index (χ1n) is 7.71. The van der Waals surface area contributed by atoms with Crippen LogP contribution in [0.15, 0.2) is 34.9 Å². The van der Waals surface area contributed by atoms with Gasteiger partial charge in [-0.2, -0.15) is 0 Å². The van der Waals surface area contributed by atoms with Gasteiger partial charge in [0.05, 0.1) is 0 Å². The first-order valence-corrected chi connectivity index (χ1v) is 8.09. The highest BCUT2D eigenvalue weighted by atomic mass is 35.5. The van der Waals surface area contributed by atoms with Crippen LogP contribution in [0, 0.1) is 12.8 Å². The SMILES string of the molecule is CCC(C)[C@H](NC(=O)c1cccc(Cl)c1)C(=O)Nc1cc(C)on1. The van der Waals surface area contributed by atoms with Crippen LogP contribution in [0.3, 0.4) is 0 Å². The molecule has 6 nitrogen and oxygen atoms in total. The normalized spacial score (nSPS) is 13.2. The van der Waals surface area contributed by atoms with Gasteiger partial charge < -0.3 is 15.2 Å². The lowest BCUT2D eigenvalue weighted by molar-refractivity contribution is -0.119. The Morgan fingerprint density at radius 1 is 1.33 bits per heavy atom. The molecule has 0 radical (unpaired) electrons. The molecule has 7 heteroatoms. The van der Waals surface area contributed by atoms with E-state index >= 15 is 0 Å². The molecule has 1 aromatic carbocycles. The minimum atomic E-state index is -0.696. The van der Waals surface area contributed by atoms with E-state index in [-0.39, 0.29) is 17.7 Å². The molecule has 24 heavy (non-hydrogen) atoms. The van der Waals surface area contributed by atoms with Gasteiger partial charge in [0.15, 0.2) is 5.82 Å². The standard InChI is InChI=1S/C17H20ClN3O3/c1-4-10(2)15(17(23)19-14-8-11(3)24-21-14)20-16(22)12-6-5-7-13(18)9-12/h5-10,15H,4H2,1-3H3,(H,20,22)(H,19,21,23)/t10?,15-/m0/s1. The molecule has 0 aliphatic carbocycles. The Balaban J connectivity index is 2.12. The number of nitrogens with one attached hydrogen (secondary N) is 2. The van der Waals surface area contributed by atoms with Gasteiger partial charge in [0.1, 0.15) is 11.8 Å². The van der Waals surface area contributed by atoms with Gasteiger partial charge in [0, 0.05) is 16.7 Å². The van der Waals surface area contributed by atoms with Crippen molar-refractivity contribution in [2.24, 2.45) is 5.92 Å². The van der Waals surface area contributed by atoms with Crippen molar-refractivity contribution in [2.75, 3.05) is 5.32 Å². The van der Waals surface area contributed by atoms with Crippen LogP contribution in [0.4, 0.5) is 5.82 Å². The molecular formula is C17H20ClN3O3. The van der Waals surface area contributed by atoms with Crippen LogP contribution in [0.1, 0.15) is 36.4 Å². The summed E-state index contributed by atoms with van der Waals surface area (Å²) in [5, 5.41) is 9.63. The topological polar surface area (TPSA) is 84.2 Å². The average molecular weight is 350 g/mol. The van der Waals surface area contributed by atoms with Gasteiger partial charge in [-0.15, -0.1) is 0 Å². The van der Waals surface area contributed by atoms with Crippen LogP contribution in [-0.2, 0) is 4.79 Å². The number of nitrogens with zero attached hydrogens (tertiary/aromatic N) is 1. The third kappa shape index (κ3) is 4.58. The highest BCUT2D eigenvalue weighted by Crippen LogP contribution is 2.15. The summed E-state index contributed by atoms with van der Waals surface area (Å²) in [6, 6.07) is 7.50. The fraction of sp³-hybridized carbons (Fsp3) is 0.353. The smallest absolute Gasteiger partial charge is 0.251 e. The van der Waals surface area contributed by atoms with E-state index in [9.17, 15) is 9.59 Å². The maximum atomic E-state index is 12.5. The van der Waals surface area contributed by atoms with Gasteiger partial charge in [-0.05, 0) is 31.0 Å². The predicted molar refractivity (Wildman–Crippen MR) is 92.0 cm³/mol. The molecular weight excluding hydrogens is 330 g/mol. The number of halogens is 1. The van der Waals surface area contributed by atoms with Gasteiger partial charge in [-0.1, -0.05) is 43.1 Å². The molecule has 2 rings (SSSR count). The summed E-state index contributed by atoms with van der Waals surface area (Å²) in [7, 11) is 0. The molecule has 2 N–H and O–H groups in total. The zero-order valence-corrected chi connectivity index (χ0v) is 14.6. The van der Waals surface area contributed by atoms with Crippen molar-refractivity contribution in [3.8, 4) is 0 Å². The Morgan fingerprint density at radius 3 is 2.67 bits per heavy atom. The molecule has 0 aliphatic heterocycles. The molecule has 2 aromatic rings. The lowest BCUT2D eigenvalue weighted by atomic mass is 9.98. The van der Waals surface area contributed by atoms with E-state index in [4.69, 9.17) is 16.1 Å². The number of anilines is 1. The summed E-state index contributed by atoms with van der Waals surface area (Å²) in [4.78, 5) is 24.9. The molecule has 0 spiro atoms. The second-order valence-corrected chi connectivity index (χ2v) is 6.10. The number of aryl methyl sites for hydroxylation is 1. The van der Waals surface area contributed by atoms with Crippen molar-refractivity contribution in [3.63, 3.8) is 0 Å². The predicted octanol–water partition coefficient (Wildman–Crippen LogP) is 3.42. The minimum Gasteiger partial charge on any atom is -0.360 e. The fourth-order valence-electron chi connectivity index (χ4n) is 2.19. The van der Waals surface area contributed by atoms with Crippen LogP contribution in [0.2, 0.25) is 5.02 Å². The average Bonchev–Trinajstić information content (AvgIpc) is 2.96. The van der Waals surface area contributed by atoms with Crippen molar-refractivity contribution in [1.29, 1.82) is 0 Å². The van der Waals surface area contributed by atoms with E-state index in [0.29, 0.717) is 22.2 Å². The molecule has 128 valence electrons. The Hall–Kier alpha value is -2.34. The van der Waals surface area contributed by atoms with Crippen molar-refractivity contribution < 1.29 is 14.1 Å². The molecule has 0 fully saturated rings. The van der Waals surface area contributed by atoms with E-state index in [1.807, 2.05) is 13.8 Å². The lowest BCUT2D eigenvalue weighted by Gasteiger charge is -2.23. The van der Waals surface area contributed by atoms with Crippen molar-refractivity contribution >= 4 is 29.2 Å². The van der Waals surface area contributed by atoms with Gasteiger partial charge >= 0.3 is 0 Å². The molecule has 0 saturated carbocycles. The summed E-state index contributed by atoms with van der Waals surface area (Å²) in [6.45, 7) is 5.59. The second-order valence-electron chi connectivity index (χ2n) is 5.66. The number of carbonyl (C=O) groups is 2. The minimum absolute atomic E-state index is 0.0545. The summed E-state index contributed by atoms with van der Waals surface area (Å²) < 4.78 is 4.93. The molecule has 1 unspecified atom stereocenters. The van der Waals surface area contributed by atoms with Crippen LogP contribution >= 0.6 is 11.6 Å². The largest absolute Gasteiger partial charge is 0.360 e. The molecule has 0 saturated heterocycles. The zero-order valence-electron chi connectivity index (χ0n) is 13.8. The maximum Gasteiger partial charge on any atom is 0.251 e. The van der Waals surface area contributed by atoms with Gasteiger partial charge in [0.25, 0.3) is 5.91 Å². The van der Waals surface area contributed by atoms with Crippen molar-refractivity contribution in [3.05, 3.63) is 46.7 Å². The highest BCUT2D eigenvalue weighted by Gasteiger charge is 2.27. The molecule has 0 bridgehead atoms. The fourth-order valence-corrected chi connectivity index (χ4v) is 2.38. The Kier molecular flexibility index (Phi) is 5.98. The third-order valence-electron chi connectivity index (χ3n) is 3.75. The van der Waals surface area contributed by atoms with Crippen LogP contribution in [0.25, 0.3) is 0 Å². The summed E-state index contributed by atoms with van der Waals surface area (Å²) in [5.74, 6) is 0.166. The van der Waals surface area contributed by atoms with Crippen LogP contribution < -0.4 is 10.6 Å². The van der Waals surface area contributed by atoms with E-state index in [1.165, 1.54) is 0 Å². The molecule has 1 aromatic heterocycles. The number of carbonyl (C=O) groups excluding carboxylic acids is 2. The Labute approximate surface area is 145 Å². The molecule has 2 atom stereocenters. The van der Waals surface area contributed by atoms with E-state index in [1.54, 1.807) is 37.3 Å². The Bertz CT molecular complexity index is 729. The van der Waals surface area contributed by atoms with E-state index in [2.05, 4.69) is 15.8 Å². The highest BCUT2D eigenvalue weighted by molar-refractivity contribution is 6.31.